The number of methoxy groups -OCH3 is 1. The SMILES string of the molecule is COc1ccc(C)cc1C(Cl)CN(C)CCc1ccncc1. The Balaban J connectivity index is 1.93. The van der Waals surface area contributed by atoms with Gasteiger partial charge in [-0.1, -0.05) is 17.7 Å². The second-order valence-corrected chi connectivity index (χ2v) is 6.11. The van der Waals surface area contributed by atoms with Crippen LogP contribution in [0.3, 0.4) is 0 Å². The first-order valence-electron chi connectivity index (χ1n) is 7.46. The number of aryl methyl sites for hydroxylation is 1. The molecular formula is C18H23ClN2O. The van der Waals surface area contributed by atoms with Crippen LogP contribution in [0.1, 0.15) is 22.1 Å². The van der Waals surface area contributed by atoms with Crippen LogP contribution < -0.4 is 4.74 Å². The van der Waals surface area contributed by atoms with Gasteiger partial charge in [0.1, 0.15) is 5.75 Å². The highest BCUT2D eigenvalue weighted by Gasteiger charge is 2.15. The highest BCUT2D eigenvalue weighted by atomic mass is 35.5. The number of halogens is 1. The van der Waals surface area contributed by atoms with Gasteiger partial charge in [-0.25, -0.2) is 0 Å². The van der Waals surface area contributed by atoms with E-state index in [-0.39, 0.29) is 5.38 Å². The molecule has 0 bridgehead atoms. The quantitative estimate of drug-likeness (QED) is 0.725. The summed E-state index contributed by atoms with van der Waals surface area (Å²) in [6, 6.07) is 10.2. The topological polar surface area (TPSA) is 25.4 Å². The van der Waals surface area contributed by atoms with Crippen molar-refractivity contribution in [2.75, 3.05) is 27.2 Å². The number of hydrogen-bond acceptors (Lipinski definition) is 3. The Morgan fingerprint density at radius 1 is 1.23 bits per heavy atom. The standard InChI is InChI=1S/C18H23ClN2O/c1-14-4-5-18(22-3)16(12-14)17(19)13-21(2)11-8-15-6-9-20-10-7-15/h4-7,9-10,12,17H,8,11,13H2,1-3H3. The summed E-state index contributed by atoms with van der Waals surface area (Å²) in [6.45, 7) is 3.81. The smallest absolute Gasteiger partial charge is 0.123 e. The van der Waals surface area contributed by atoms with Crippen molar-refractivity contribution in [2.24, 2.45) is 0 Å². The molecule has 1 unspecified atom stereocenters. The van der Waals surface area contributed by atoms with Gasteiger partial charge < -0.3 is 9.64 Å². The Bertz CT molecular complexity index is 589. The summed E-state index contributed by atoms with van der Waals surface area (Å²) >= 11 is 6.61. The van der Waals surface area contributed by atoms with Gasteiger partial charge in [0.25, 0.3) is 0 Å². The van der Waals surface area contributed by atoms with Gasteiger partial charge in [-0.2, -0.15) is 0 Å². The molecule has 1 heterocycles. The van der Waals surface area contributed by atoms with Gasteiger partial charge in [-0.3, -0.25) is 4.98 Å². The van der Waals surface area contributed by atoms with Crippen molar-refractivity contribution >= 4 is 11.6 Å². The minimum Gasteiger partial charge on any atom is -0.496 e. The molecule has 0 fully saturated rings. The van der Waals surface area contributed by atoms with E-state index >= 15 is 0 Å². The Kier molecular flexibility index (Phi) is 6.22. The number of benzene rings is 1. The van der Waals surface area contributed by atoms with E-state index in [0.717, 1.165) is 30.8 Å². The van der Waals surface area contributed by atoms with Crippen LogP contribution in [0.5, 0.6) is 5.75 Å². The lowest BCUT2D eigenvalue weighted by atomic mass is 10.1. The van der Waals surface area contributed by atoms with E-state index in [4.69, 9.17) is 16.3 Å². The molecule has 0 N–H and O–H groups in total. The van der Waals surface area contributed by atoms with Crippen molar-refractivity contribution in [1.82, 2.24) is 9.88 Å². The lowest BCUT2D eigenvalue weighted by Gasteiger charge is -2.22. The van der Waals surface area contributed by atoms with Crippen molar-refractivity contribution in [3.8, 4) is 5.75 Å². The third kappa shape index (κ3) is 4.72. The second-order valence-electron chi connectivity index (χ2n) is 5.58. The van der Waals surface area contributed by atoms with E-state index in [9.17, 15) is 0 Å². The maximum atomic E-state index is 6.61. The summed E-state index contributed by atoms with van der Waals surface area (Å²) in [4.78, 5) is 6.29. The molecule has 0 aliphatic carbocycles. The molecule has 0 aliphatic heterocycles. The normalized spacial score (nSPS) is 12.4. The summed E-state index contributed by atoms with van der Waals surface area (Å²) in [5.41, 5.74) is 3.54. The Morgan fingerprint density at radius 3 is 2.64 bits per heavy atom. The van der Waals surface area contributed by atoms with E-state index in [1.165, 1.54) is 11.1 Å². The van der Waals surface area contributed by atoms with E-state index in [1.54, 1.807) is 7.11 Å². The van der Waals surface area contributed by atoms with Crippen molar-refractivity contribution in [1.29, 1.82) is 0 Å². The summed E-state index contributed by atoms with van der Waals surface area (Å²) in [5.74, 6) is 0.855. The third-order valence-corrected chi connectivity index (χ3v) is 4.10. The van der Waals surface area contributed by atoms with Gasteiger partial charge in [0.15, 0.2) is 0 Å². The number of likely N-dealkylation sites (N-methyl/N-ethyl adjacent to an activating group) is 1. The van der Waals surface area contributed by atoms with Crippen LogP contribution >= 0.6 is 11.6 Å². The van der Waals surface area contributed by atoms with Gasteiger partial charge in [0, 0.05) is 31.0 Å². The lowest BCUT2D eigenvalue weighted by Crippen LogP contribution is -2.25. The zero-order chi connectivity index (χ0) is 15.9. The fraction of sp³-hybridized carbons (Fsp3) is 0.389. The Labute approximate surface area is 137 Å². The molecule has 0 aliphatic rings. The van der Waals surface area contributed by atoms with E-state index in [2.05, 4.69) is 42.1 Å². The zero-order valence-corrected chi connectivity index (χ0v) is 14.2. The van der Waals surface area contributed by atoms with Crippen LogP contribution in [0.25, 0.3) is 0 Å². The van der Waals surface area contributed by atoms with Crippen LogP contribution in [0.2, 0.25) is 0 Å². The summed E-state index contributed by atoms with van der Waals surface area (Å²) in [6.07, 6.45) is 4.65. The minimum absolute atomic E-state index is 0.0858. The Morgan fingerprint density at radius 2 is 1.95 bits per heavy atom. The fourth-order valence-corrected chi connectivity index (χ4v) is 2.84. The molecule has 3 nitrogen and oxygen atoms in total. The monoisotopic (exact) mass is 318 g/mol. The van der Waals surface area contributed by atoms with Crippen LogP contribution in [0.4, 0.5) is 0 Å². The average Bonchev–Trinajstić information content (AvgIpc) is 2.54. The zero-order valence-electron chi connectivity index (χ0n) is 13.4. The molecule has 2 rings (SSSR count). The van der Waals surface area contributed by atoms with Crippen molar-refractivity contribution in [3.05, 3.63) is 59.4 Å². The predicted molar refractivity (Wildman–Crippen MR) is 91.8 cm³/mol. The molecular weight excluding hydrogens is 296 g/mol. The Hall–Kier alpha value is -1.58. The first-order valence-corrected chi connectivity index (χ1v) is 7.90. The van der Waals surface area contributed by atoms with Gasteiger partial charge in [-0.15, -0.1) is 11.6 Å². The molecule has 1 aromatic carbocycles. The van der Waals surface area contributed by atoms with Gasteiger partial charge in [0.2, 0.25) is 0 Å². The first kappa shape index (κ1) is 16.8. The minimum atomic E-state index is -0.0858. The van der Waals surface area contributed by atoms with Crippen LogP contribution in [-0.2, 0) is 6.42 Å². The molecule has 4 heteroatoms. The summed E-state index contributed by atoms with van der Waals surface area (Å²) in [7, 11) is 3.78. The predicted octanol–water partition coefficient (Wildman–Crippen LogP) is 3.85. The highest BCUT2D eigenvalue weighted by Crippen LogP contribution is 2.31. The number of rotatable bonds is 7. The van der Waals surface area contributed by atoms with Crippen LogP contribution in [0.15, 0.2) is 42.7 Å². The molecule has 0 saturated heterocycles. The maximum absolute atomic E-state index is 6.61. The number of pyridine rings is 1. The number of hydrogen-bond donors (Lipinski definition) is 0. The van der Waals surface area contributed by atoms with E-state index < -0.39 is 0 Å². The third-order valence-electron chi connectivity index (χ3n) is 3.73. The number of alkyl halides is 1. The first-order chi connectivity index (χ1) is 10.6. The average molecular weight is 319 g/mol. The lowest BCUT2D eigenvalue weighted by molar-refractivity contribution is 0.334. The second kappa shape index (κ2) is 8.16. The van der Waals surface area contributed by atoms with Gasteiger partial charge in [0.05, 0.1) is 12.5 Å². The molecule has 1 atom stereocenters. The van der Waals surface area contributed by atoms with E-state index in [1.807, 2.05) is 24.5 Å². The van der Waals surface area contributed by atoms with Crippen molar-refractivity contribution < 1.29 is 4.74 Å². The van der Waals surface area contributed by atoms with Gasteiger partial charge in [-0.05, 0) is 44.2 Å². The summed E-state index contributed by atoms with van der Waals surface area (Å²) < 4.78 is 5.42. The number of ether oxygens (including phenoxy) is 1. The summed E-state index contributed by atoms with van der Waals surface area (Å²) in [5, 5.41) is -0.0858. The molecule has 1 aromatic heterocycles. The molecule has 0 amide bonds. The molecule has 2 aromatic rings. The number of aromatic nitrogens is 1. The maximum Gasteiger partial charge on any atom is 0.123 e. The molecule has 22 heavy (non-hydrogen) atoms. The molecule has 0 spiro atoms. The van der Waals surface area contributed by atoms with Crippen LogP contribution in [0, 0.1) is 6.92 Å². The fourth-order valence-electron chi connectivity index (χ4n) is 2.43. The number of nitrogens with zero attached hydrogens (tertiary/aromatic N) is 2. The molecule has 0 saturated carbocycles. The van der Waals surface area contributed by atoms with Crippen LogP contribution in [-0.4, -0.2) is 37.1 Å². The molecule has 0 radical (unpaired) electrons. The molecule has 118 valence electrons. The van der Waals surface area contributed by atoms with Crippen molar-refractivity contribution in [2.45, 2.75) is 18.7 Å². The van der Waals surface area contributed by atoms with Crippen molar-refractivity contribution in [3.63, 3.8) is 0 Å². The largest absolute Gasteiger partial charge is 0.496 e. The highest BCUT2D eigenvalue weighted by molar-refractivity contribution is 6.21. The van der Waals surface area contributed by atoms with E-state index in [0.29, 0.717) is 0 Å². The van der Waals surface area contributed by atoms with Gasteiger partial charge >= 0.3 is 0 Å².